The minimum Gasteiger partial charge on any atom is -0.380 e. The van der Waals surface area contributed by atoms with Crippen LogP contribution in [0.4, 0.5) is 0 Å². The summed E-state index contributed by atoms with van der Waals surface area (Å²) < 4.78 is 5.32. The third kappa shape index (κ3) is 4.96. The van der Waals surface area contributed by atoms with E-state index in [0.717, 1.165) is 19.0 Å². The van der Waals surface area contributed by atoms with Crippen LogP contribution in [0.15, 0.2) is 0 Å². The maximum absolute atomic E-state index is 5.32. The number of nitrogens with zero attached hydrogens (tertiary/aromatic N) is 1. The van der Waals surface area contributed by atoms with Crippen molar-refractivity contribution in [2.75, 3.05) is 39.8 Å². The Labute approximate surface area is 94.2 Å². The van der Waals surface area contributed by atoms with Gasteiger partial charge >= 0.3 is 0 Å². The lowest BCUT2D eigenvalue weighted by atomic mass is 9.97. The van der Waals surface area contributed by atoms with Crippen LogP contribution in [0.1, 0.15) is 26.7 Å². The Bertz CT molecular complexity index is 158. The molecule has 1 unspecified atom stereocenters. The van der Waals surface area contributed by atoms with Crippen molar-refractivity contribution >= 4 is 0 Å². The van der Waals surface area contributed by atoms with Gasteiger partial charge in [-0.3, -0.25) is 0 Å². The molecule has 1 heterocycles. The van der Waals surface area contributed by atoms with Gasteiger partial charge in [0.25, 0.3) is 0 Å². The van der Waals surface area contributed by atoms with Crippen molar-refractivity contribution in [1.29, 1.82) is 0 Å². The van der Waals surface area contributed by atoms with Crippen molar-refractivity contribution in [2.45, 2.75) is 32.8 Å². The number of hydrogen-bond donors (Lipinski definition) is 1. The van der Waals surface area contributed by atoms with Crippen molar-refractivity contribution in [1.82, 2.24) is 10.2 Å². The maximum atomic E-state index is 5.32. The molecule has 0 saturated carbocycles. The Morgan fingerprint density at radius 3 is 2.60 bits per heavy atom. The van der Waals surface area contributed by atoms with Crippen LogP contribution in [0, 0.1) is 5.92 Å². The Kier molecular flexibility index (Phi) is 6.22. The molecule has 1 atom stereocenters. The van der Waals surface area contributed by atoms with Gasteiger partial charge in [-0.1, -0.05) is 6.92 Å². The first-order chi connectivity index (χ1) is 7.26. The number of ether oxygens (including phenoxy) is 1. The molecule has 0 amide bonds. The molecule has 3 heteroatoms. The van der Waals surface area contributed by atoms with Gasteiger partial charge in [0.05, 0.1) is 6.10 Å². The van der Waals surface area contributed by atoms with E-state index >= 15 is 0 Å². The van der Waals surface area contributed by atoms with Crippen molar-refractivity contribution in [3.63, 3.8) is 0 Å². The highest BCUT2D eigenvalue weighted by atomic mass is 16.5. The van der Waals surface area contributed by atoms with E-state index in [0.29, 0.717) is 6.10 Å². The third-order valence-electron chi connectivity index (χ3n) is 3.34. The second kappa shape index (κ2) is 7.20. The second-order valence-electron chi connectivity index (χ2n) is 4.59. The number of likely N-dealkylation sites (N-methyl/N-ethyl adjacent to an activating group) is 1. The molecular formula is C12H26N2O. The van der Waals surface area contributed by atoms with Crippen LogP contribution in [0.2, 0.25) is 0 Å². The van der Waals surface area contributed by atoms with E-state index in [2.05, 4.69) is 24.1 Å². The van der Waals surface area contributed by atoms with Gasteiger partial charge in [-0.15, -0.1) is 0 Å². The summed E-state index contributed by atoms with van der Waals surface area (Å²) in [7, 11) is 1.79. The summed E-state index contributed by atoms with van der Waals surface area (Å²) in [6, 6.07) is 0. The Balaban J connectivity index is 2.25. The molecule has 0 aromatic carbocycles. The molecular weight excluding hydrogens is 188 g/mol. The summed E-state index contributed by atoms with van der Waals surface area (Å²) >= 11 is 0. The molecule has 1 N–H and O–H groups in total. The third-order valence-corrected chi connectivity index (χ3v) is 3.34. The van der Waals surface area contributed by atoms with E-state index in [4.69, 9.17) is 4.74 Å². The van der Waals surface area contributed by atoms with Crippen LogP contribution in [0.3, 0.4) is 0 Å². The van der Waals surface area contributed by atoms with Gasteiger partial charge in [-0.2, -0.15) is 0 Å². The molecule has 15 heavy (non-hydrogen) atoms. The molecule has 1 aliphatic rings. The standard InChI is InChI=1S/C12H26N2O/c1-4-14(9-11(2)15-3)10-12-5-7-13-8-6-12/h11-13H,4-10H2,1-3H3. The zero-order valence-electron chi connectivity index (χ0n) is 10.5. The maximum Gasteiger partial charge on any atom is 0.0670 e. The molecule has 3 nitrogen and oxygen atoms in total. The van der Waals surface area contributed by atoms with Crippen LogP contribution in [0.25, 0.3) is 0 Å². The fourth-order valence-electron chi connectivity index (χ4n) is 2.20. The van der Waals surface area contributed by atoms with E-state index in [9.17, 15) is 0 Å². The van der Waals surface area contributed by atoms with Crippen LogP contribution in [-0.2, 0) is 4.74 Å². The molecule has 0 bridgehead atoms. The van der Waals surface area contributed by atoms with Crippen molar-refractivity contribution < 1.29 is 4.74 Å². The highest BCUT2D eigenvalue weighted by Gasteiger charge is 2.17. The number of methoxy groups -OCH3 is 1. The van der Waals surface area contributed by atoms with Gasteiger partial charge in [-0.25, -0.2) is 0 Å². The molecule has 1 saturated heterocycles. The van der Waals surface area contributed by atoms with Gasteiger partial charge in [0.1, 0.15) is 0 Å². The van der Waals surface area contributed by atoms with E-state index in [1.807, 2.05) is 0 Å². The highest BCUT2D eigenvalue weighted by Crippen LogP contribution is 2.13. The summed E-state index contributed by atoms with van der Waals surface area (Å²) in [5, 5.41) is 3.41. The quantitative estimate of drug-likeness (QED) is 0.722. The van der Waals surface area contributed by atoms with Crippen LogP contribution in [0.5, 0.6) is 0 Å². The molecule has 0 aromatic rings. The van der Waals surface area contributed by atoms with Gasteiger partial charge in [0, 0.05) is 20.2 Å². The average Bonchev–Trinajstić information content (AvgIpc) is 2.29. The summed E-state index contributed by atoms with van der Waals surface area (Å²) in [5.74, 6) is 0.884. The first-order valence-electron chi connectivity index (χ1n) is 6.22. The molecule has 0 radical (unpaired) electrons. The topological polar surface area (TPSA) is 24.5 Å². The Hall–Kier alpha value is -0.120. The minimum atomic E-state index is 0.353. The summed E-state index contributed by atoms with van der Waals surface area (Å²) in [6.45, 7) is 10.2. The SMILES string of the molecule is CCN(CC1CCNCC1)CC(C)OC. The zero-order valence-corrected chi connectivity index (χ0v) is 10.5. The highest BCUT2D eigenvalue weighted by molar-refractivity contribution is 4.73. The van der Waals surface area contributed by atoms with E-state index < -0.39 is 0 Å². The van der Waals surface area contributed by atoms with E-state index in [1.54, 1.807) is 7.11 Å². The predicted octanol–water partition coefficient (Wildman–Crippen LogP) is 1.34. The molecule has 1 fully saturated rings. The predicted molar refractivity (Wildman–Crippen MR) is 64.2 cm³/mol. The molecule has 0 spiro atoms. The average molecular weight is 214 g/mol. The number of piperidine rings is 1. The van der Waals surface area contributed by atoms with Gasteiger partial charge < -0.3 is 15.0 Å². The molecule has 0 aliphatic carbocycles. The zero-order chi connectivity index (χ0) is 11.1. The van der Waals surface area contributed by atoms with Crippen molar-refractivity contribution in [3.8, 4) is 0 Å². The lowest BCUT2D eigenvalue weighted by Gasteiger charge is -2.30. The van der Waals surface area contributed by atoms with E-state index in [-0.39, 0.29) is 0 Å². The molecule has 0 aromatic heterocycles. The smallest absolute Gasteiger partial charge is 0.0670 e. The lowest BCUT2D eigenvalue weighted by molar-refractivity contribution is 0.0706. The van der Waals surface area contributed by atoms with Crippen molar-refractivity contribution in [3.05, 3.63) is 0 Å². The normalized spacial score (nSPS) is 20.8. The monoisotopic (exact) mass is 214 g/mol. The molecule has 1 rings (SSSR count). The fourth-order valence-corrected chi connectivity index (χ4v) is 2.20. The molecule has 1 aliphatic heterocycles. The largest absolute Gasteiger partial charge is 0.380 e. The van der Waals surface area contributed by atoms with Crippen LogP contribution in [-0.4, -0.2) is 50.8 Å². The number of nitrogens with one attached hydrogen (secondary N) is 1. The van der Waals surface area contributed by atoms with Gasteiger partial charge in [0.2, 0.25) is 0 Å². The van der Waals surface area contributed by atoms with Gasteiger partial charge in [-0.05, 0) is 45.3 Å². The first kappa shape index (κ1) is 12.9. The minimum absolute atomic E-state index is 0.353. The Morgan fingerprint density at radius 1 is 1.40 bits per heavy atom. The van der Waals surface area contributed by atoms with Gasteiger partial charge in [0.15, 0.2) is 0 Å². The molecule has 90 valence electrons. The number of rotatable bonds is 6. The first-order valence-corrected chi connectivity index (χ1v) is 6.22. The lowest BCUT2D eigenvalue weighted by Crippen LogP contribution is -2.39. The number of hydrogen-bond acceptors (Lipinski definition) is 3. The Morgan fingerprint density at radius 2 is 2.07 bits per heavy atom. The summed E-state index contributed by atoms with van der Waals surface area (Å²) in [6.07, 6.45) is 3.02. The summed E-state index contributed by atoms with van der Waals surface area (Å²) in [5.41, 5.74) is 0. The van der Waals surface area contributed by atoms with Crippen LogP contribution < -0.4 is 5.32 Å². The van der Waals surface area contributed by atoms with E-state index in [1.165, 1.54) is 32.5 Å². The second-order valence-corrected chi connectivity index (χ2v) is 4.59. The fraction of sp³-hybridized carbons (Fsp3) is 1.00. The van der Waals surface area contributed by atoms with Crippen LogP contribution >= 0.6 is 0 Å². The van der Waals surface area contributed by atoms with Crippen molar-refractivity contribution in [2.24, 2.45) is 5.92 Å². The summed E-state index contributed by atoms with van der Waals surface area (Å²) in [4.78, 5) is 2.52.